The fraction of sp³-hybridized carbons (Fsp3) is 0.500. The summed E-state index contributed by atoms with van der Waals surface area (Å²) in [6.07, 6.45) is 8.04. The van der Waals surface area contributed by atoms with Crippen LogP contribution in [0.3, 0.4) is 0 Å². The van der Waals surface area contributed by atoms with E-state index in [1.165, 1.54) is 32.1 Å². The Balaban J connectivity index is 2.12. The summed E-state index contributed by atoms with van der Waals surface area (Å²) >= 11 is 0. The Kier molecular flexibility index (Phi) is 3.72. The minimum atomic E-state index is 0.548. The van der Waals surface area contributed by atoms with Crippen LogP contribution in [0.1, 0.15) is 43.7 Å². The zero-order chi connectivity index (χ0) is 13.9. The van der Waals surface area contributed by atoms with Gasteiger partial charge in [-0.15, -0.1) is 0 Å². The first-order chi connectivity index (χ1) is 9.83. The van der Waals surface area contributed by atoms with E-state index in [4.69, 9.17) is 9.47 Å². The molecular formula is C16H20N2O2. The molecule has 0 aliphatic heterocycles. The Bertz CT molecular complexity index is 607. The highest BCUT2D eigenvalue weighted by molar-refractivity contribution is 5.85. The van der Waals surface area contributed by atoms with Gasteiger partial charge in [-0.05, 0) is 18.9 Å². The first-order valence-electron chi connectivity index (χ1n) is 7.20. The number of aromatic nitrogens is 2. The second kappa shape index (κ2) is 5.65. The van der Waals surface area contributed by atoms with Crippen LogP contribution in [0.15, 0.2) is 18.5 Å². The van der Waals surface area contributed by atoms with Crippen LogP contribution in [-0.2, 0) is 0 Å². The van der Waals surface area contributed by atoms with Crippen LogP contribution >= 0.6 is 0 Å². The van der Waals surface area contributed by atoms with E-state index in [9.17, 15) is 0 Å². The van der Waals surface area contributed by atoms with Gasteiger partial charge in [-0.1, -0.05) is 19.3 Å². The standard InChI is InChI=1S/C16H20N2O2/c1-19-14-8-12-13(9-15(14)20-2)17-10-18-16(12)11-6-4-3-5-7-11/h8-11H,3-7H2,1-2H3. The first kappa shape index (κ1) is 13.2. The summed E-state index contributed by atoms with van der Waals surface area (Å²) in [5, 5.41) is 1.09. The zero-order valence-corrected chi connectivity index (χ0v) is 12.1. The molecule has 0 N–H and O–H groups in total. The quantitative estimate of drug-likeness (QED) is 0.854. The predicted molar refractivity (Wildman–Crippen MR) is 78.5 cm³/mol. The van der Waals surface area contributed by atoms with E-state index >= 15 is 0 Å². The van der Waals surface area contributed by atoms with Gasteiger partial charge < -0.3 is 9.47 Å². The Labute approximate surface area is 119 Å². The number of fused-ring (bicyclic) bond motifs is 1. The Hall–Kier alpha value is -1.84. The SMILES string of the molecule is COc1cc2ncnc(C3CCCCC3)c2cc1OC. The van der Waals surface area contributed by atoms with Crippen molar-refractivity contribution < 1.29 is 9.47 Å². The van der Waals surface area contributed by atoms with Gasteiger partial charge >= 0.3 is 0 Å². The third-order valence-corrected chi connectivity index (χ3v) is 4.16. The van der Waals surface area contributed by atoms with Crippen molar-refractivity contribution in [3.63, 3.8) is 0 Å². The second-order valence-electron chi connectivity index (χ2n) is 5.32. The molecule has 0 radical (unpaired) electrons. The minimum absolute atomic E-state index is 0.548. The molecular weight excluding hydrogens is 252 g/mol. The molecule has 1 saturated carbocycles. The van der Waals surface area contributed by atoms with E-state index in [1.807, 2.05) is 12.1 Å². The van der Waals surface area contributed by atoms with Crippen molar-refractivity contribution >= 4 is 10.9 Å². The van der Waals surface area contributed by atoms with E-state index in [0.29, 0.717) is 11.7 Å². The molecule has 4 heteroatoms. The Morgan fingerprint density at radius 3 is 2.35 bits per heavy atom. The zero-order valence-electron chi connectivity index (χ0n) is 12.1. The number of nitrogens with zero attached hydrogens (tertiary/aromatic N) is 2. The number of ether oxygens (including phenoxy) is 2. The summed E-state index contributed by atoms with van der Waals surface area (Å²) in [4.78, 5) is 8.93. The van der Waals surface area contributed by atoms with Crippen molar-refractivity contribution in [3.8, 4) is 11.5 Å². The van der Waals surface area contributed by atoms with Crippen molar-refractivity contribution in [1.82, 2.24) is 9.97 Å². The summed E-state index contributed by atoms with van der Waals surface area (Å²) in [6.45, 7) is 0. The van der Waals surface area contributed by atoms with Crippen LogP contribution in [0, 0.1) is 0 Å². The van der Waals surface area contributed by atoms with Gasteiger partial charge in [0.1, 0.15) is 6.33 Å². The highest BCUT2D eigenvalue weighted by Crippen LogP contribution is 2.38. The molecule has 0 bridgehead atoms. The lowest BCUT2D eigenvalue weighted by Gasteiger charge is -2.22. The fourth-order valence-corrected chi connectivity index (χ4v) is 3.10. The largest absolute Gasteiger partial charge is 0.493 e. The average molecular weight is 272 g/mol. The van der Waals surface area contributed by atoms with E-state index in [0.717, 1.165) is 22.3 Å². The lowest BCUT2D eigenvalue weighted by atomic mass is 9.85. The molecule has 106 valence electrons. The maximum absolute atomic E-state index is 5.41. The minimum Gasteiger partial charge on any atom is -0.493 e. The molecule has 0 unspecified atom stereocenters. The molecule has 1 fully saturated rings. The Morgan fingerprint density at radius 1 is 0.950 bits per heavy atom. The van der Waals surface area contributed by atoms with E-state index in [2.05, 4.69) is 9.97 Å². The van der Waals surface area contributed by atoms with E-state index < -0.39 is 0 Å². The number of hydrogen-bond acceptors (Lipinski definition) is 4. The third-order valence-electron chi connectivity index (χ3n) is 4.16. The molecule has 1 aromatic heterocycles. The van der Waals surface area contributed by atoms with Gasteiger partial charge in [0.2, 0.25) is 0 Å². The predicted octanol–water partition coefficient (Wildman–Crippen LogP) is 3.69. The van der Waals surface area contributed by atoms with Crippen LogP contribution in [-0.4, -0.2) is 24.2 Å². The van der Waals surface area contributed by atoms with Gasteiger partial charge in [-0.2, -0.15) is 0 Å². The molecule has 3 rings (SSSR count). The maximum Gasteiger partial charge on any atom is 0.162 e. The molecule has 1 heterocycles. The molecule has 20 heavy (non-hydrogen) atoms. The highest BCUT2D eigenvalue weighted by atomic mass is 16.5. The number of hydrogen-bond donors (Lipinski definition) is 0. The molecule has 0 amide bonds. The van der Waals surface area contributed by atoms with E-state index in [-0.39, 0.29) is 0 Å². The molecule has 4 nitrogen and oxygen atoms in total. The first-order valence-corrected chi connectivity index (χ1v) is 7.20. The van der Waals surface area contributed by atoms with Gasteiger partial charge in [-0.25, -0.2) is 9.97 Å². The summed E-state index contributed by atoms with van der Waals surface area (Å²) in [5.74, 6) is 2.01. The molecule has 2 aromatic rings. The van der Waals surface area contributed by atoms with Crippen molar-refractivity contribution in [1.29, 1.82) is 0 Å². The molecule has 0 saturated heterocycles. The number of methoxy groups -OCH3 is 2. The number of benzene rings is 1. The summed E-state index contributed by atoms with van der Waals surface area (Å²) in [5.41, 5.74) is 2.09. The second-order valence-corrected chi connectivity index (χ2v) is 5.32. The average Bonchev–Trinajstić information content (AvgIpc) is 2.53. The van der Waals surface area contributed by atoms with Gasteiger partial charge in [0.15, 0.2) is 11.5 Å². The topological polar surface area (TPSA) is 44.2 Å². The molecule has 0 atom stereocenters. The maximum atomic E-state index is 5.41. The normalized spacial score (nSPS) is 16.3. The van der Waals surface area contributed by atoms with Crippen LogP contribution in [0.25, 0.3) is 10.9 Å². The lowest BCUT2D eigenvalue weighted by Crippen LogP contribution is -2.07. The van der Waals surface area contributed by atoms with Crippen LogP contribution in [0.4, 0.5) is 0 Å². The smallest absolute Gasteiger partial charge is 0.162 e. The summed E-state index contributed by atoms with van der Waals surface area (Å²) in [7, 11) is 3.31. The molecule has 1 aliphatic rings. The van der Waals surface area contributed by atoms with Crippen molar-refractivity contribution in [2.45, 2.75) is 38.0 Å². The summed E-state index contributed by atoms with van der Waals surface area (Å²) in [6, 6.07) is 3.94. The highest BCUT2D eigenvalue weighted by Gasteiger charge is 2.20. The van der Waals surface area contributed by atoms with E-state index in [1.54, 1.807) is 20.5 Å². The van der Waals surface area contributed by atoms with Gasteiger partial charge in [0.25, 0.3) is 0 Å². The van der Waals surface area contributed by atoms with Crippen molar-refractivity contribution in [2.24, 2.45) is 0 Å². The van der Waals surface area contributed by atoms with Crippen LogP contribution in [0.2, 0.25) is 0 Å². The van der Waals surface area contributed by atoms with Crippen LogP contribution in [0.5, 0.6) is 11.5 Å². The molecule has 1 aliphatic carbocycles. The fourth-order valence-electron chi connectivity index (χ4n) is 3.10. The summed E-state index contributed by atoms with van der Waals surface area (Å²) < 4.78 is 10.8. The van der Waals surface area contributed by atoms with Crippen molar-refractivity contribution in [2.75, 3.05) is 14.2 Å². The van der Waals surface area contributed by atoms with Gasteiger partial charge in [-0.3, -0.25) is 0 Å². The number of rotatable bonds is 3. The molecule has 1 aromatic carbocycles. The molecule has 0 spiro atoms. The Morgan fingerprint density at radius 2 is 1.65 bits per heavy atom. The lowest BCUT2D eigenvalue weighted by molar-refractivity contribution is 0.355. The monoisotopic (exact) mass is 272 g/mol. The van der Waals surface area contributed by atoms with Gasteiger partial charge in [0, 0.05) is 17.4 Å². The van der Waals surface area contributed by atoms with Crippen LogP contribution < -0.4 is 9.47 Å². The van der Waals surface area contributed by atoms with Crippen molar-refractivity contribution in [3.05, 3.63) is 24.2 Å². The van der Waals surface area contributed by atoms with Gasteiger partial charge in [0.05, 0.1) is 25.4 Å². The third kappa shape index (κ3) is 2.30.